The van der Waals surface area contributed by atoms with Gasteiger partial charge < -0.3 is 4.74 Å². The zero-order valence-corrected chi connectivity index (χ0v) is 11.4. The lowest BCUT2D eigenvalue weighted by Crippen LogP contribution is -2.04. The Morgan fingerprint density at radius 2 is 2.00 bits per heavy atom. The zero-order valence-electron chi connectivity index (χ0n) is 11.4. The first-order chi connectivity index (χ1) is 9.10. The molecule has 0 radical (unpaired) electrons. The fourth-order valence-electron chi connectivity index (χ4n) is 2.11. The second-order valence-corrected chi connectivity index (χ2v) is 4.59. The third-order valence-corrected chi connectivity index (χ3v) is 3.07. The van der Waals surface area contributed by atoms with Gasteiger partial charge in [0.2, 0.25) is 0 Å². The van der Waals surface area contributed by atoms with Crippen LogP contribution in [0.25, 0.3) is 11.1 Å². The van der Waals surface area contributed by atoms with E-state index in [4.69, 9.17) is 0 Å². The van der Waals surface area contributed by atoms with Crippen LogP contribution in [-0.2, 0) is 16.0 Å². The van der Waals surface area contributed by atoms with Crippen molar-refractivity contribution >= 4 is 5.97 Å². The molecule has 0 saturated carbocycles. The van der Waals surface area contributed by atoms with Gasteiger partial charge in [0.15, 0.2) is 0 Å². The Hall–Kier alpha value is -2.16. The normalized spacial score (nSPS) is 10.3. The summed E-state index contributed by atoms with van der Waals surface area (Å²) in [5.74, 6) is -0.216. The number of ether oxygens (including phenoxy) is 1. The predicted molar refractivity (Wildman–Crippen MR) is 74.9 cm³/mol. The van der Waals surface area contributed by atoms with E-state index in [1.54, 1.807) is 0 Å². The van der Waals surface area contributed by atoms with Crippen LogP contribution in [0, 0.1) is 13.8 Å². The lowest BCUT2D eigenvalue weighted by molar-refractivity contribution is -0.139. The van der Waals surface area contributed by atoms with Crippen LogP contribution in [-0.4, -0.2) is 18.1 Å². The molecule has 0 atom stereocenters. The molecule has 0 amide bonds. The zero-order chi connectivity index (χ0) is 13.8. The SMILES string of the molecule is COC(=O)Cc1ccc(-c2ccnc(C)c2)c(C)c1. The Bertz CT molecular complexity index is 605. The van der Waals surface area contributed by atoms with Crippen LogP contribution < -0.4 is 0 Å². The molecule has 19 heavy (non-hydrogen) atoms. The number of methoxy groups -OCH3 is 1. The van der Waals surface area contributed by atoms with Gasteiger partial charge >= 0.3 is 5.97 Å². The van der Waals surface area contributed by atoms with Crippen molar-refractivity contribution in [2.24, 2.45) is 0 Å². The average Bonchev–Trinajstić information content (AvgIpc) is 2.38. The van der Waals surface area contributed by atoms with Gasteiger partial charge in [-0.1, -0.05) is 18.2 Å². The first-order valence-electron chi connectivity index (χ1n) is 6.19. The molecule has 1 aromatic heterocycles. The number of nitrogens with zero attached hydrogens (tertiary/aromatic N) is 1. The third-order valence-electron chi connectivity index (χ3n) is 3.07. The highest BCUT2D eigenvalue weighted by Gasteiger charge is 2.07. The minimum Gasteiger partial charge on any atom is -0.469 e. The van der Waals surface area contributed by atoms with Crippen LogP contribution in [0.15, 0.2) is 36.5 Å². The maximum Gasteiger partial charge on any atom is 0.309 e. The van der Waals surface area contributed by atoms with Gasteiger partial charge in [0.1, 0.15) is 0 Å². The van der Waals surface area contributed by atoms with E-state index >= 15 is 0 Å². The maximum atomic E-state index is 11.3. The van der Waals surface area contributed by atoms with E-state index in [2.05, 4.69) is 15.8 Å². The molecule has 0 fully saturated rings. The van der Waals surface area contributed by atoms with Crippen molar-refractivity contribution in [2.75, 3.05) is 7.11 Å². The van der Waals surface area contributed by atoms with Crippen molar-refractivity contribution < 1.29 is 9.53 Å². The van der Waals surface area contributed by atoms with Gasteiger partial charge in [-0.25, -0.2) is 0 Å². The topological polar surface area (TPSA) is 39.2 Å². The van der Waals surface area contributed by atoms with E-state index in [-0.39, 0.29) is 5.97 Å². The van der Waals surface area contributed by atoms with Crippen molar-refractivity contribution in [3.05, 3.63) is 53.3 Å². The molecule has 3 nitrogen and oxygen atoms in total. The molecule has 0 spiro atoms. The highest BCUT2D eigenvalue weighted by molar-refractivity contribution is 5.74. The van der Waals surface area contributed by atoms with Crippen molar-refractivity contribution in [1.82, 2.24) is 4.98 Å². The highest BCUT2D eigenvalue weighted by Crippen LogP contribution is 2.24. The van der Waals surface area contributed by atoms with Crippen LogP contribution in [0.2, 0.25) is 0 Å². The number of pyridine rings is 1. The summed E-state index contributed by atoms with van der Waals surface area (Å²) in [5.41, 5.74) is 5.43. The van der Waals surface area contributed by atoms with Crippen LogP contribution in [0.3, 0.4) is 0 Å². The molecule has 1 heterocycles. The minimum atomic E-state index is -0.216. The monoisotopic (exact) mass is 255 g/mol. The number of hydrogen-bond acceptors (Lipinski definition) is 3. The van der Waals surface area contributed by atoms with Gasteiger partial charge in [-0.2, -0.15) is 0 Å². The summed E-state index contributed by atoms with van der Waals surface area (Å²) < 4.78 is 4.68. The van der Waals surface area contributed by atoms with Gasteiger partial charge in [0.05, 0.1) is 13.5 Å². The van der Waals surface area contributed by atoms with Gasteiger partial charge in [0, 0.05) is 11.9 Å². The van der Waals surface area contributed by atoms with Crippen LogP contribution in [0.4, 0.5) is 0 Å². The number of aromatic nitrogens is 1. The summed E-state index contributed by atoms with van der Waals surface area (Å²) in [6.07, 6.45) is 2.12. The average molecular weight is 255 g/mol. The van der Waals surface area contributed by atoms with E-state index in [1.165, 1.54) is 12.7 Å². The molecular weight excluding hydrogens is 238 g/mol. The van der Waals surface area contributed by atoms with E-state index in [0.29, 0.717) is 6.42 Å². The number of carbonyl (C=O) groups is 1. The number of benzene rings is 1. The quantitative estimate of drug-likeness (QED) is 0.791. The van der Waals surface area contributed by atoms with Crippen molar-refractivity contribution in [3.8, 4) is 11.1 Å². The van der Waals surface area contributed by atoms with Gasteiger partial charge in [-0.15, -0.1) is 0 Å². The number of carbonyl (C=O) groups excluding carboxylic acids is 1. The molecule has 0 aliphatic heterocycles. The molecule has 98 valence electrons. The van der Waals surface area contributed by atoms with Gasteiger partial charge in [0.25, 0.3) is 0 Å². The first-order valence-corrected chi connectivity index (χ1v) is 6.19. The molecule has 0 aliphatic rings. The summed E-state index contributed by atoms with van der Waals surface area (Å²) in [6.45, 7) is 4.02. The molecule has 3 heteroatoms. The maximum absolute atomic E-state index is 11.3. The highest BCUT2D eigenvalue weighted by atomic mass is 16.5. The molecule has 0 aliphatic carbocycles. The summed E-state index contributed by atoms with van der Waals surface area (Å²) in [5, 5.41) is 0. The van der Waals surface area contributed by atoms with Crippen LogP contribution in [0.5, 0.6) is 0 Å². The van der Waals surface area contributed by atoms with Crippen LogP contribution in [0.1, 0.15) is 16.8 Å². The summed E-state index contributed by atoms with van der Waals surface area (Å²) >= 11 is 0. The number of rotatable bonds is 3. The predicted octanol–water partition coefficient (Wildman–Crippen LogP) is 3.08. The smallest absolute Gasteiger partial charge is 0.309 e. The van der Waals surface area contributed by atoms with Gasteiger partial charge in [-0.3, -0.25) is 9.78 Å². The van der Waals surface area contributed by atoms with E-state index in [1.807, 2.05) is 44.3 Å². The van der Waals surface area contributed by atoms with E-state index < -0.39 is 0 Å². The third kappa shape index (κ3) is 3.19. The second kappa shape index (κ2) is 5.65. The minimum absolute atomic E-state index is 0.216. The van der Waals surface area contributed by atoms with Crippen molar-refractivity contribution in [3.63, 3.8) is 0 Å². The Labute approximate surface area is 113 Å². The molecule has 2 rings (SSSR count). The molecule has 2 aromatic rings. The number of aryl methyl sites for hydroxylation is 2. The Balaban J connectivity index is 2.32. The Morgan fingerprint density at radius 1 is 1.21 bits per heavy atom. The van der Waals surface area contributed by atoms with Gasteiger partial charge in [-0.05, 0) is 48.2 Å². The second-order valence-electron chi connectivity index (χ2n) is 4.59. The number of hydrogen-bond donors (Lipinski definition) is 0. The first kappa shape index (κ1) is 13.3. The lowest BCUT2D eigenvalue weighted by Gasteiger charge is -2.09. The summed E-state index contributed by atoms with van der Waals surface area (Å²) in [7, 11) is 1.41. The van der Waals surface area contributed by atoms with E-state index in [0.717, 1.165) is 22.4 Å². The Morgan fingerprint density at radius 3 is 2.63 bits per heavy atom. The fraction of sp³-hybridized carbons (Fsp3) is 0.250. The molecule has 0 saturated heterocycles. The standard InChI is InChI=1S/C16H17NO2/c1-11-8-13(10-16(18)19-3)4-5-15(11)14-6-7-17-12(2)9-14/h4-9H,10H2,1-3H3. The number of esters is 1. The lowest BCUT2D eigenvalue weighted by atomic mass is 9.98. The fourth-order valence-corrected chi connectivity index (χ4v) is 2.11. The summed E-state index contributed by atoms with van der Waals surface area (Å²) in [4.78, 5) is 15.5. The van der Waals surface area contributed by atoms with Crippen molar-refractivity contribution in [1.29, 1.82) is 0 Å². The van der Waals surface area contributed by atoms with Crippen molar-refractivity contribution in [2.45, 2.75) is 20.3 Å². The summed E-state index contributed by atoms with van der Waals surface area (Å²) in [6, 6.07) is 10.1. The molecule has 1 aromatic carbocycles. The molecule has 0 N–H and O–H groups in total. The molecular formula is C16H17NO2. The Kier molecular flexibility index (Phi) is 3.95. The van der Waals surface area contributed by atoms with Crippen LogP contribution >= 0.6 is 0 Å². The molecule has 0 bridgehead atoms. The van der Waals surface area contributed by atoms with E-state index in [9.17, 15) is 4.79 Å². The molecule has 0 unspecified atom stereocenters. The largest absolute Gasteiger partial charge is 0.469 e.